The van der Waals surface area contributed by atoms with Gasteiger partial charge in [0.1, 0.15) is 6.23 Å². The molecule has 0 aliphatic heterocycles. The van der Waals surface area contributed by atoms with Crippen LogP contribution in [0.4, 0.5) is 5.95 Å². The molecule has 138 valence electrons. The topological polar surface area (TPSA) is 70.3 Å². The molecule has 2 aromatic rings. The first-order chi connectivity index (χ1) is 11.6. The van der Waals surface area contributed by atoms with Gasteiger partial charge in [-0.25, -0.2) is 4.98 Å². The molecule has 0 spiro atoms. The number of hydrogen-bond acceptors (Lipinski definition) is 4. The quantitative estimate of drug-likeness (QED) is 0.712. The Balaban J connectivity index is 2.06. The predicted molar refractivity (Wildman–Crippen MR) is 102 cm³/mol. The smallest absolute Gasteiger partial charge is 0.206 e. The van der Waals surface area contributed by atoms with Crippen molar-refractivity contribution in [2.75, 3.05) is 5.32 Å². The van der Waals surface area contributed by atoms with Crippen molar-refractivity contribution >= 4 is 17.0 Å². The van der Waals surface area contributed by atoms with Crippen molar-refractivity contribution in [3.05, 3.63) is 23.8 Å². The van der Waals surface area contributed by atoms with Gasteiger partial charge in [-0.3, -0.25) is 0 Å². The second-order valence-electron chi connectivity index (χ2n) is 9.05. The third-order valence-electron chi connectivity index (χ3n) is 4.91. The van der Waals surface area contributed by atoms with Gasteiger partial charge in [-0.1, -0.05) is 32.9 Å². The van der Waals surface area contributed by atoms with Crippen LogP contribution in [0.15, 0.2) is 18.2 Å². The van der Waals surface area contributed by atoms with Gasteiger partial charge in [-0.05, 0) is 51.0 Å². The van der Waals surface area contributed by atoms with Crippen molar-refractivity contribution in [2.45, 2.75) is 78.2 Å². The molecule has 1 heterocycles. The lowest BCUT2D eigenvalue weighted by atomic mass is 9.91. The Kier molecular flexibility index (Phi) is 4.58. The second kappa shape index (κ2) is 6.29. The number of nitrogens with zero attached hydrogens (tertiary/aromatic N) is 2. The van der Waals surface area contributed by atoms with Crippen LogP contribution >= 0.6 is 0 Å². The highest BCUT2D eigenvalue weighted by Gasteiger charge is 2.30. The average Bonchev–Trinajstić information content (AvgIpc) is 2.71. The number of nitrogens with one attached hydrogen (secondary N) is 1. The van der Waals surface area contributed by atoms with Crippen molar-refractivity contribution in [3.63, 3.8) is 0 Å². The molecule has 1 unspecified atom stereocenters. The number of para-hydroxylation sites is 1. The molecule has 0 amide bonds. The molecule has 5 nitrogen and oxygen atoms in total. The van der Waals surface area contributed by atoms with E-state index in [4.69, 9.17) is 4.98 Å². The number of aliphatic hydroxyl groups excluding tert-OH is 1. The van der Waals surface area contributed by atoms with Crippen LogP contribution in [0, 0.1) is 5.41 Å². The van der Waals surface area contributed by atoms with Crippen LogP contribution in [0.5, 0.6) is 0 Å². The molecule has 3 rings (SSSR count). The molecular weight excluding hydrogens is 314 g/mol. The fourth-order valence-electron chi connectivity index (χ4n) is 3.52. The number of imidazole rings is 1. The third-order valence-corrected chi connectivity index (χ3v) is 4.91. The summed E-state index contributed by atoms with van der Waals surface area (Å²) in [6.45, 7) is 9.94. The molecule has 0 bridgehead atoms. The zero-order chi connectivity index (χ0) is 18.4. The molecule has 1 aliphatic rings. The number of benzene rings is 1. The lowest BCUT2D eigenvalue weighted by molar-refractivity contribution is 0.0796. The molecule has 3 N–H and O–H groups in total. The maximum absolute atomic E-state index is 10.6. The minimum Gasteiger partial charge on any atom is -0.386 e. The molecule has 25 heavy (non-hydrogen) atoms. The van der Waals surface area contributed by atoms with Crippen LogP contribution in [-0.2, 0) is 5.60 Å². The van der Waals surface area contributed by atoms with Crippen LogP contribution in [0.1, 0.15) is 71.9 Å². The first-order valence-electron chi connectivity index (χ1n) is 9.25. The number of fused-ring (bicyclic) bond motifs is 1. The Bertz CT molecular complexity index is 749. The van der Waals surface area contributed by atoms with Crippen molar-refractivity contribution in [2.24, 2.45) is 5.41 Å². The number of rotatable bonds is 5. The van der Waals surface area contributed by atoms with E-state index in [1.165, 1.54) is 6.42 Å². The van der Waals surface area contributed by atoms with Crippen molar-refractivity contribution in [1.29, 1.82) is 0 Å². The van der Waals surface area contributed by atoms with Gasteiger partial charge in [0, 0.05) is 11.6 Å². The predicted octanol–water partition coefficient (Wildman–Crippen LogP) is 4.16. The largest absolute Gasteiger partial charge is 0.386 e. The number of aliphatic hydroxyl groups is 2. The van der Waals surface area contributed by atoms with Crippen LogP contribution in [0.25, 0.3) is 11.0 Å². The van der Waals surface area contributed by atoms with Crippen molar-refractivity contribution in [3.8, 4) is 0 Å². The fourth-order valence-corrected chi connectivity index (χ4v) is 3.52. The van der Waals surface area contributed by atoms with Gasteiger partial charge in [0.2, 0.25) is 5.95 Å². The Labute approximate surface area is 150 Å². The van der Waals surface area contributed by atoms with Crippen LogP contribution in [-0.4, -0.2) is 26.0 Å². The minimum absolute atomic E-state index is 0.0258. The molecule has 1 fully saturated rings. The van der Waals surface area contributed by atoms with Gasteiger partial charge in [-0.15, -0.1) is 0 Å². The molecular formula is C20H31N3O2. The average molecular weight is 345 g/mol. The summed E-state index contributed by atoms with van der Waals surface area (Å²) in [7, 11) is 0. The lowest BCUT2D eigenvalue weighted by Gasteiger charge is -2.32. The van der Waals surface area contributed by atoms with E-state index < -0.39 is 11.8 Å². The van der Waals surface area contributed by atoms with E-state index in [9.17, 15) is 10.2 Å². The van der Waals surface area contributed by atoms with Crippen LogP contribution < -0.4 is 5.32 Å². The summed E-state index contributed by atoms with van der Waals surface area (Å²) < 4.78 is 2.19. The molecule has 1 aliphatic carbocycles. The first kappa shape index (κ1) is 18.2. The fraction of sp³-hybridized carbons (Fsp3) is 0.650. The van der Waals surface area contributed by atoms with E-state index in [2.05, 4.69) is 30.7 Å². The summed E-state index contributed by atoms with van der Waals surface area (Å²) in [5, 5.41) is 24.3. The minimum atomic E-state index is -0.942. The molecule has 0 radical (unpaired) electrons. The van der Waals surface area contributed by atoms with Crippen LogP contribution in [0.3, 0.4) is 0 Å². The number of anilines is 1. The van der Waals surface area contributed by atoms with E-state index in [1.807, 2.05) is 18.2 Å². The Hall–Kier alpha value is -1.59. The van der Waals surface area contributed by atoms with Gasteiger partial charge in [0.15, 0.2) is 0 Å². The molecule has 5 heteroatoms. The van der Waals surface area contributed by atoms with E-state index in [-0.39, 0.29) is 5.41 Å². The third kappa shape index (κ3) is 3.82. The first-order valence-corrected chi connectivity index (χ1v) is 9.25. The summed E-state index contributed by atoms with van der Waals surface area (Å²) in [5.74, 6) is 0.702. The van der Waals surface area contributed by atoms with E-state index in [1.54, 1.807) is 13.8 Å². The number of hydrogen-bond donors (Lipinski definition) is 3. The molecule has 1 saturated carbocycles. The van der Waals surface area contributed by atoms with Gasteiger partial charge in [-0.2, -0.15) is 0 Å². The summed E-state index contributed by atoms with van der Waals surface area (Å²) in [6.07, 6.45) is 3.41. The highest BCUT2D eigenvalue weighted by Crippen LogP contribution is 2.40. The molecule has 1 aromatic heterocycles. The Morgan fingerprint density at radius 1 is 1.24 bits per heavy atom. The van der Waals surface area contributed by atoms with Crippen molar-refractivity contribution < 1.29 is 10.2 Å². The summed E-state index contributed by atoms with van der Waals surface area (Å²) >= 11 is 0. The van der Waals surface area contributed by atoms with E-state index in [0.717, 1.165) is 29.4 Å². The van der Waals surface area contributed by atoms with Gasteiger partial charge >= 0.3 is 0 Å². The SMILES string of the molecule is CC(C)(C)CC(O)Nc1nc2cccc(C(C)(C)O)c2n1C1CCC1. The summed E-state index contributed by atoms with van der Waals surface area (Å²) in [6, 6.07) is 6.25. The maximum atomic E-state index is 10.6. The summed E-state index contributed by atoms with van der Waals surface area (Å²) in [4.78, 5) is 4.74. The highest BCUT2D eigenvalue weighted by atomic mass is 16.3. The molecule has 0 saturated heterocycles. The normalized spacial score (nSPS) is 17.6. The Morgan fingerprint density at radius 2 is 1.92 bits per heavy atom. The van der Waals surface area contributed by atoms with Gasteiger partial charge in [0.25, 0.3) is 0 Å². The molecule has 1 aromatic carbocycles. The standard InChI is InChI=1S/C20H31N3O2/c1-19(2,3)12-16(24)22-18-21-15-11-7-10-14(20(4,5)25)17(15)23(18)13-8-6-9-13/h7,10-11,13,16,24-25H,6,8-9,12H2,1-5H3,(H,21,22). The van der Waals surface area contributed by atoms with E-state index in [0.29, 0.717) is 18.4 Å². The summed E-state index contributed by atoms with van der Waals surface area (Å²) in [5.41, 5.74) is 1.80. The second-order valence-corrected chi connectivity index (χ2v) is 9.05. The maximum Gasteiger partial charge on any atom is 0.206 e. The monoisotopic (exact) mass is 345 g/mol. The van der Waals surface area contributed by atoms with Gasteiger partial charge in [0.05, 0.1) is 16.6 Å². The Morgan fingerprint density at radius 3 is 2.44 bits per heavy atom. The highest BCUT2D eigenvalue weighted by molar-refractivity contribution is 5.83. The van der Waals surface area contributed by atoms with Crippen LogP contribution in [0.2, 0.25) is 0 Å². The zero-order valence-corrected chi connectivity index (χ0v) is 16.0. The van der Waals surface area contributed by atoms with Crippen molar-refractivity contribution in [1.82, 2.24) is 9.55 Å². The zero-order valence-electron chi connectivity index (χ0n) is 16.0. The lowest BCUT2D eigenvalue weighted by Crippen LogP contribution is -2.28. The number of aromatic nitrogens is 2. The molecule has 1 atom stereocenters. The van der Waals surface area contributed by atoms with E-state index >= 15 is 0 Å². The van der Waals surface area contributed by atoms with Gasteiger partial charge < -0.3 is 20.1 Å².